The van der Waals surface area contributed by atoms with Gasteiger partial charge < -0.3 is 10.0 Å². The van der Waals surface area contributed by atoms with Crippen molar-refractivity contribution in [1.29, 1.82) is 0 Å². The molecule has 2 rings (SSSR count). The van der Waals surface area contributed by atoms with Gasteiger partial charge in [0.05, 0.1) is 6.42 Å². The van der Waals surface area contributed by atoms with E-state index in [1.165, 1.54) is 38.5 Å². The molecule has 0 radical (unpaired) electrons. The molecule has 0 spiro atoms. The lowest BCUT2D eigenvalue weighted by Crippen LogP contribution is -2.44. The van der Waals surface area contributed by atoms with Gasteiger partial charge in [0, 0.05) is 6.04 Å². The maximum atomic E-state index is 10.9. The van der Waals surface area contributed by atoms with E-state index in [2.05, 4.69) is 11.8 Å². The topological polar surface area (TPSA) is 40.5 Å². The molecular weight excluding hydrogens is 226 g/mol. The first-order valence-corrected chi connectivity index (χ1v) is 7.55. The summed E-state index contributed by atoms with van der Waals surface area (Å²) in [4.78, 5) is 13.5. The van der Waals surface area contributed by atoms with Crippen molar-refractivity contribution in [2.45, 2.75) is 70.8 Å². The van der Waals surface area contributed by atoms with E-state index in [4.69, 9.17) is 5.11 Å². The highest BCUT2D eigenvalue weighted by Gasteiger charge is 2.34. The van der Waals surface area contributed by atoms with Gasteiger partial charge in [-0.2, -0.15) is 0 Å². The molecule has 0 aromatic rings. The van der Waals surface area contributed by atoms with Crippen molar-refractivity contribution in [2.24, 2.45) is 5.41 Å². The molecule has 3 nitrogen and oxygen atoms in total. The lowest BCUT2D eigenvalue weighted by atomic mass is 9.77. The van der Waals surface area contributed by atoms with E-state index < -0.39 is 5.97 Å². The third-order valence-corrected chi connectivity index (χ3v) is 4.92. The molecule has 18 heavy (non-hydrogen) atoms. The number of carbonyl (C=O) groups is 1. The molecule has 0 unspecified atom stereocenters. The highest BCUT2D eigenvalue weighted by Crippen LogP contribution is 2.36. The molecule has 3 heteroatoms. The Morgan fingerprint density at radius 1 is 1.17 bits per heavy atom. The van der Waals surface area contributed by atoms with Gasteiger partial charge in [-0.1, -0.05) is 32.6 Å². The zero-order valence-corrected chi connectivity index (χ0v) is 11.7. The molecule has 0 bridgehead atoms. The molecule has 1 saturated carbocycles. The summed E-state index contributed by atoms with van der Waals surface area (Å²) in [5.41, 5.74) is 0.0348. The Morgan fingerprint density at radius 2 is 1.72 bits per heavy atom. The Kier molecular flexibility index (Phi) is 4.66. The average Bonchev–Trinajstić information content (AvgIpc) is 2.57. The minimum absolute atomic E-state index is 0.0348. The Hall–Kier alpha value is -0.570. The van der Waals surface area contributed by atoms with E-state index in [0.717, 1.165) is 32.0 Å². The summed E-state index contributed by atoms with van der Waals surface area (Å²) in [6, 6.07) is 0.780. The van der Waals surface area contributed by atoms with Crippen LogP contribution in [0.3, 0.4) is 0 Å². The summed E-state index contributed by atoms with van der Waals surface area (Å²) < 4.78 is 0. The molecule has 0 aromatic carbocycles. The maximum absolute atomic E-state index is 10.9. The minimum atomic E-state index is -0.639. The largest absolute Gasteiger partial charge is 0.481 e. The second-order valence-electron chi connectivity index (χ2n) is 6.56. The number of carboxylic acid groups (broad SMARTS) is 1. The number of rotatable bonds is 3. The van der Waals surface area contributed by atoms with E-state index in [-0.39, 0.29) is 5.41 Å². The molecule has 1 saturated heterocycles. The van der Waals surface area contributed by atoms with E-state index in [9.17, 15) is 4.79 Å². The van der Waals surface area contributed by atoms with Crippen LogP contribution in [0.15, 0.2) is 0 Å². The SMILES string of the molecule is CC1(CC(=O)O)CCN(C2CCCCCC2)CC1. The van der Waals surface area contributed by atoms with Gasteiger partial charge >= 0.3 is 5.97 Å². The number of hydrogen-bond acceptors (Lipinski definition) is 2. The second kappa shape index (κ2) is 6.05. The second-order valence-corrected chi connectivity index (χ2v) is 6.56. The van der Waals surface area contributed by atoms with Crippen LogP contribution in [-0.4, -0.2) is 35.1 Å². The zero-order chi connectivity index (χ0) is 13.0. The first kappa shape index (κ1) is 13.9. The molecule has 1 aliphatic heterocycles. The number of carboxylic acids is 1. The summed E-state index contributed by atoms with van der Waals surface area (Å²) in [6.07, 6.45) is 10.7. The summed E-state index contributed by atoms with van der Waals surface area (Å²) >= 11 is 0. The van der Waals surface area contributed by atoms with Gasteiger partial charge in [-0.05, 0) is 44.2 Å². The van der Waals surface area contributed by atoms with Gasteiger partial charge in [0.2, 0.25) is 0 Å². The Morgan fingerprint density at radius 3 is 2.22 bits per heavy atom. The summed E-state index contributed by atoms with van der Waals surface area (Å²) in [5.74, 6) is -0.639. The molecule has 1 N–H and O–H groups in total. The van der Waals surface area contributed by atoms with Crippen molar-refractivity contribution in [2.75, 3.05) is 13.1 Å². The van der Waals surface area contributed by atoms with Crippen molar-refractivity contribution >= 4 is 5.97 Å². The molecule has 0 amide bonds. The van der Waals surface area contributed by atoms with Gasteiger partial charge in [-0.25, -0.2) is 0 Å². The molecular formula is C15H27NO2. The number of hydrogen-bond donors (Lipinski definition) is 1. The average molecular weight is 253 g/mol. The van der Waals surface area contributed by atoms with Crippen LogP contribution < -0.4 is 0 Å². The highest BCUT2D eigenvalue weighted by molar-refractivity contribution is 5.67. The summed E-state index contributed by atoms with van der Waals surface area (Å²) in [7, 11) is 0. The normalized spacial score (nSPS) is 26.7. The molecule has 1 heterocycles. The molecule has 104 valence electrons. The Bertz CT molecular complexity index is 274. The molecule has 2 aliphatic rings. The fourth-order valence-corrected chi connectivity index (χ4v) is 3.59. The predicted molar refractivity (Wildman–Crippen MR) is 72.7 cm³/mol. The fraction of sp³-hybridized carbons (Fsp3) is 0.933. The lowest BCUT2D eigenvalue weighted by molar-refractivity contribution is -0.140. The number of likely N-dealkylation sites (tertiary alicyclic amines) is 1. The third-order valence-electron chi connectivity index (χ3n) is 4.92. The Balaban J connectivity index is 1.83. The van der Waals surface area contributed by atoms with E-state index in [1.54, 1.807) is 0 Å². The van der Waals surface area contributed by atoms with Crippen LogP contribution in [0.4, 0.5) is 0 Å². The minimum Gasteiger partial charge on any atom is -0.481 e. The highest BCUT2D eigenvalue weighted by atomic mass is 16.4. The van der Waals surface area contributed by atoms with Gasteiger partial charge in [-0.3, -0.25) is 4.79 Å². The molecule has 0 aromatic heterocycles. The van der Waals surface area contributed by atoms with Crippen molar-refractivity contribution in [3.8, 4) is 0 Å². The van der Waals surface area contributed by atoms with Crippen LogP contribution in [0.25, 0.3) is 0 Å². The van der Waals surface area contributed by atoms with Crippen LogP contribution in [0, 0.1) is 5.41 Å². The van der Waals surface area contributed by atoms with E-state index in [0.29, 0.717) is 6.42 Å². The zero-order valence-electron chi connectivity index (χ0n) is 11.7. The predicted octanol–water partition coefficient (Wildman–Crippen LogP) is 3.29. The summed E-state index contributed by atoms with van der Waals surface area (Å²) in [6.45, 7) is 4.36. The van der Waals surface area contributed by atoms with Crippen molar-refractivity contribution in [3.63, 3.8) is 0 Å². The number of piperidine rings is 1. The smallest absolute Gasteiger partial charge is 0.303 e. The monoisotopic (exact) mass is 253 g/mol. The van der Waals surface area contributed by atoms with E-state index >= 15 is 0 Å². The fourth-order valence-electron chi connectivity index (χ4n) is 3.59. The van der Waals surface area contributed by atoms with Gasteiger partial charge in [0.25, 0.3) is 0 Å². The lowest BCUT2D eigenvalue weighted by Gasteiger charge is -2.42. The Labute approximate surface area is 111 Å². The van der Waals surface area contributed by atoms with Crippen molar-refractivity contribution in [3.05, 3.63) is 0 Å². The van der Waals surface area contributed by atoms with Crippen molar-refractivity contribution < 1.29 is 9.90 Å². The van der Waals surface area contributed by atoms with Gasteiger partial charge in [0.1, 0.15) is 0 Å². The van der Waals surface area contributed by atoms with Crippen LogP contribution >= 0.6 is 0 Å². The van der Waals surface area contributed by atoms with Gasteiger partial charge in [-0.15, -0.1) is 0 Å². The van der Waals surface area contributed by atoms with Crippen LogP contribution in [0.1, 0.15) is 64.7 Å². The number of aliphatic carboxylic acids is 1. The third kappa shape index (κ3) is 3.71. The molecule has 1 aliphatic carbocycles. The summed E-state index contributed by atoms with van der Waals surface area (Å²) in [5, 5.41) is 8.97. The quantitative estimate of drug-likeness (QED) is 0.785. The van der Waals surface area contributed by atoms with Gasteiger partial charge in [0.15, 0.2) is 0 Å². The standard InChI is InChI=1S/C15H27NO2/c1-15(12-14(17)18)8-10-16(11-9-15)13-6-4-2-3-5-7-13/h13H,2-12H2,1H3,(H,17,18). The molecule has 0 atom stereocenters. The first-order chi connectivity index (χ1) is 8.59. The maximum Gasteiger partial charge on any atom is 0.303 e. The van der Waals surface area contributed by atoms with Crippen LogP contribution in [-0.2, 0) is 4.79 Å². The first-order valence-electron chi connectivity index (χ1n) is 7.55. The van der Waals surface area contributed by atoms with E-state index in [1.807, 2.05) is 0 Å². The van der Waals surface area contributed by atoms with Crippen molar-refractivity contribution in [1.82, 2.24) is 4.90 Å². The van der Waals surface area contributed by atoms with Crippen LogP contribution in [0.2, 0.25) is 0 Å². The molecule has 2 fully saturated rings. The number of nitrogens with zero attached hydrogens (tertiary/aromatic N) is 1. The van der Waals surface area contributed by atoms with Crippen LogP contribution in [0.5, 0.6) is 0 Å².